The summed E-state index contributed by atoms with van der Waals surface area (Å²) in [6.07, 6.45) is 3.68. The van der Waals surface area contributed by atoms with E-state index in [4.69, 9.17) is 14.4 Å². The van der Waals surface area contributed by atoms with E-state index in [1.165, 1.54) is 5.39 Å². The SMILES string of the molecule is c1ccc(-c2cccc(-n3c4ccccc4c4c(-c5nccs5)cc(-c5nc6ccccc6o5)cc43)c2)nc1. The highest BCUT2D eigenvalue weighted by molar-refractivity contribution is 7.13. The second-order valence-electron chi connectivity index (χ2n) is 9.36. The molecule has 0 N–H and O–H groups in total. The van der Waals surface area contributed by atoms with Crippen molar-refractivity contribution in [2.75, 3.05) is 0 Å². The van der Waals surface area contributed by atoms with Crippen LogP contribution in [0.3, 0.4) is 0 Å². The van der Waals surface area contributed by atoms with E-state index in [0.29, 0.717) is 5.89 Å². The van der Waals surface area contributed by atoms with Crippen molar-refractivity contribution < 1.29 is 4.42 Å². The fraction of sp³-hybridized carbons (Fsp3) is 0. The molecule has 0 saturated heterocycles. The molecule has 0 aliphatic heterocycles. The predicted molar refractivity (Wildman–Crippen MR) is 158 cm³/mol. The van der Waals surface area contributed by atoms with Gasteiger partial charge in [0.1, 0.15) is 10.5 Å². The van der Waals surface area contributed by atoms with E-state index in [-0.39, 0.29) is 0 Å². The average Bonchev–Trinajstić information content (AvgIpc) is 3.75. The molecule has 8 rings (SSSR count). The predicted octanol–water partition coefficient (Wildman–Crippen LogP) is 8.78. The molecule has 5 nitrogen and oxygen atoms in total. The fourth-order valence-corrected chi connectivity index (χ4v) is 6.02. The molecule has 4 aromatic heterocycles. The number of fused-ring (bicyclic) bond motifs is 4. The average molecular weight is 521 g/mol. The van der Waals surface area contributed by atoms with Crippen molar-refractivity contribution in [3.05, 3.63) is 121 Å². The van der Waals surface area contributed by atoms with Gasteiger partial charge in [0.05, 0.1) is 16.7 Å². The standard InChI is InChI=1S/C33H20N4OS/c1-3-13-28-24(10-1)31-25(33-35-16-17-39-33)19-22(32-36-27-12-2-4-14-30(27)38-32)20-29(31)37(28)23-9-7-8-21(18-23)26-11-5-6-15-34-26/h1-20H. The third kappa shape index (κ3) is 3.57. The lowest BCUT2D eigenvalue weighted by Gasteiger charge is -2.11. The molecule has 0 amide bonds. The summed E-state index contributed by atoms with van der Waals surface area (Å²) in [6.45, 7) is 0. The van der Waals surface area contributed by atoms with Crippen LogP contribution in [-0.4, -0.2) is 19.5 Å². The zero-order valence-corrected chi connectivity index (χ0v) is 21.5. The fourth-order valence-electron chi connectivity index (χ4n) is 5.36. The summed E-state index contributed by atoms with van der Waals surface area (Å²) in [5.74, 6) is 0.593. The Hall–Kier alpha value is -5.07. The van der Waals surface area contributed by atoms with Gasteiger partial charge in [-0.15, -0.1) is 11.3 Å². The molecule has 0 bridgehead atoms. The maximum atomic E-state index is 6.23. The monoisotopic (exact) mass is 520 g/mol. The van der Waals surface area contributed by atoms with Gasteiger partial charge in [-0.25, -0.2) is 9.97 Å². The van der Waals surface area contributed by atoms with E-state index >= 15 is 0 Å². The van der Waals surface area contributed by atoms with Crippen LogP contribution in [0.5, 0.6) is 0 Å². The maximum absolute atomic E-state index is 6.23. The highest BCUT2D eigenvalue weighted by atomic mass is 32.1. The molecule has 0 saturated carbocycles. The molecule has 4 aromatic carbocycles. The second kappa shape index (κ2) is 8.75. The van der Waals surface area contributed by atoms with Crippen LogP contribution in [-0.2, 0) is 0 Å². The summed E-state index contributed by atoms with van der Waals surface area (Å²) in [4.78, 5) is 14.1. The largest absolute Gasteiger partial charge is 0.436 e. The van der Waals surface area contributed by atoms with Gasteiger partial charge < -0.3 is 8.98 Å². The van der Waals surface area contributed by atoms with E-state index in [1.807, 2.05) is 60.2 Å². The Labute approximate surface area is 227 Å². The molecule has 0 radical (unpaired) electrons. The molecule has 6 heteroatoms. The van der Waals surface area contributed by atoms with Gasteiger partial charge in [-0.3, -0.25) is 4.98 Å². The van der Waals surface area contributed by atoms with Gasteiger partial charge in [-0.1, -0.05) is 48.5 Å². The van der Waals surface area contributed by atoms with Crippen molar-refractivity contribution in [2.24, 2.45) is 0 Å². The van der Waals surface area contributed by atoms with Crippen LogP contribution in [0.25, 0.3) is 71.9 Å². The van der Waals surface area contributed by atoms with Crippen LogP contribution in [0, 0.1) is 0 Å². The van der Waals surface area contributed by atoms with Crippen LogP contribution in [0.2, 0.25) is 0 Å². The zero-order valence-electron chi connectivity index (χ0n) is 20.7. The molecule has 0 aliphatic rings. The summed E-state index contributed by atoms with van der Waals surface area (Å²) < 4.78 is 8.55. The van der Waals surface area contributed by atoms with E-state index in [1.54, 1.807) is 11.3 Å². The molecular weight excluding hydrogens is 500 g/mol. The van der Waals surface area contributed by atoms with Crippen molar-refractivity contribution in [3.8, 4) is 39.0 Å². The van der Waals surface area contributed by atoms with Crippen LogP contribution in [0.1, 0.15) is 0 Å². The quantitative estimate of drug-likeness (QED) is 0.233. The number of thiazole rings is 1. The number of benzene rings is 4. The molecule has 0 fully saturated rings. The summed E-state index contributed by atoms with van der Waals surface area (Å²) in [7, 11) is 0. The van der Waals surface area contributed by atoms with Gasteiger partial charge in [-0.05, 0) is 54.6 Å². The first-order valence-electron chi connectivity index (χ1n) is 12.7. The van der Waals surface area contributed by atoms with E-state index in [9.17, 15) is 0 Å². The first-order chi connectivity index (χ1) is 19.3. The molecule has 4 heterocycles. The highest BCUT2D eigenvalue weighted by Crippen LogP contribution is 2.42. The smallest absolute Gasteiger partial charge is 0.227 e. The summed E-state index contributed by atoms with van der Waals surface area (Å²) in [5.41, 5.74) is 8.84. The van der Waals surface area contributed by atoms with Crippen LogP contribution in [0.4, 0.5) is 0 Å². The number of aromatic nitrogens is 4. The summed E-state index contributed by atoms with van der Waals surface area (Å²) in [5, 5.41) is 5.31. The molecule has 39 heavy (non-hydrogen) atoms. The Balaban J connectivity index is 1.46. The van der Waals surface area contributed by atoms with Gasteiger partial charge in [0.25, 0.3) is 0 Å². The van der Waals surface area contributed by atoms with Crippen molar-refractivity contribution in [1.82, 2.24) is 19.5 Å². The number of oxazole rings is 1. The van der Waals surface area contributed by atoms with E-state index in [2.05, 4.69) is 70.2 Å². The van der Waals surface area contributed by atoms with Crippen molar-refractivity contribution in [2.45, 2.75) is 0 Å². The third-order valence-corrected chi connectivity index (χ3v) is 7.85. The molecule has 184 valence electrons. The zero-order chi connectivity index (χ0) is 25.8. The Kier molecular flexibility index (Phi) is 4.93. The van der Waals surface area contributed by atoms with Gasteiger partial charge in [0.2, 0.25) is 5.89 Å². The molecule has 0 aliphatic carbocycles. The van der Waals surface area contributed by atoms with E-state index < -0.39 is 0 Å². The Morgan fingerprint density at radius 1 is 0.692 bits per heavy atom. The highest BCUT2D eigenvalue weighted by Gasteiger charge is 2.21. The molecular formula is C33H20N4OS. The van der Waals surface area contributed by atoms with Gasteiger partial charge in [-0.2, -0.15) is 0 Å². The molecule has 0 atom stereocenters. The Morgan fingerprint density at radius 3 is 2.46 bits per heavy atom. The van der Waals surface area contributed by atoms with Crippen molar-refractivity contribution in [1.29, 1.82) is 0 Å². The Morgan fingerprint density at radius 2 is 1.59 bits per heavy atom. The van der Waals surface area contributed by atoms with Crippen molar-refractivity contribution in [3.63, 3.8) is 0 Å². The normalized spacial score (nSPS) is 11.6. The molecule has 0 spiro atoms. The van der Waals surface area contributed by atoms with Gasteiger partial charge in [0, 0.05) is 50.9 Å². The van der Waals surface area contributed by atoms with E-state index in [0.717, 1.165) is 60.6 Å². The lowest BCUT2D eigenvalue weighted by molar-refractivity contribution is 0.620. The maximum Gasteiger partial charge on any atom is 0.227 e. The minimum atomic E-state index is 0.593. The number of hydrogen-bond donors (Lipinski definition) is 0. The van der Waals surface area contributed by atoms with Gasteiger partial charge >= 0.3 is 0 Å². The summed E-state index contributed by atoms with van der Waals surface area (Å²) in [6, 6.07) is 35.3. The lowest BCUT2D eigenvalue weighted by atomic mass is 10.0. The third-order valence-electron chi connectivity index (χ3n) is 7.04. The molecule has 0 unspecified atom stereocenters. The number of nitrogens with zero attached hydrogens (tertiary/aromatic N) is 4. The first kappa shape index (κ1) is 22.0. The minimum Gasteiger partial charge on any atom is -0.436 e. The Bertz CT molecular complexity index is 2090. The first-order valence-corrected chi connectivity index (χ1v) is 13.6. The molecule has 8 aromatic rings. The van der Waals surface area contributed by atoms with Crippen LogP contribution in [0.15, 0.2) is 125 Å². The second-order valence-corrected chi connectivity index (χ2v) is 10.3. The topological polar surface area (TPSA) is 56.7 Å². The number of hydrogen-bond acceptors (Lipinski definition) is 5. The number of rotatable bonds is 4. The number of para-hydroxylation sites is 3. The lowest BCUT2D eigenvalue weighted by Crippen LogP contribution is -1.95. The summed E-state index contributed by atoms with van der Waals surface area (Å²) >= 11 is 1.63. The van der Waals surface area contributed by atoms with Crippen LogP contribution >= 0.6 is 11.3 Å². The van der Waals surface area contributed by atoms with Crippen LogP contribution < -0.4 is 0 Å². The number of pyridine rings is 1. The van der Waals surface area contributed by atoms with Gasteiger partial charge in [0.15, 0.2) is 5.58 Å². The van der Waals surface area contributed by atoms with Crippen molar-refractivity contribution >= 4 is 44.2 Å². The minimum absolute atomic E-state index is 0.593.